The maximum atomic E-state index is 3.88. The summed E-state index contributed by atoms with van der Waals surface area (Å²) in [5, 5.41) is 3.88. The first kappa shape index (κ1) is 16.3. The van der Waals surface area contributed by atoms with Gasteiger partial charge in [0.15, 0.2) is 0 Å². The fourth-order valence-electron chi connectivity index (χ4n) is 4.43. The van der Waals surface area contributed by atoms with Crippen molar-refractivity contribution in [3.8, 4) is 0 Å². The summed E-state index contributed by atoms with van der Waals surface area (Å²) >= 11 is 0. The fraction of sp³-hybridized carbons (Fsp3) is 1.00. The number of nitrogens with one attached hydrogen (secondary N) is 1. The molecule has 2 aliphatic rings. The van der Waals surface area contributed by atoms with Gasteiger partial charge >= 0.3 is 0 Å². The highest BCUT2D eigenvalue weighted by Gasteiger charge is 2.40. The van der Waals surface area contributed by atoms with Gasteiger partial charge < -0.3 is 10.2 Å². The molecule has 0 bridgehead atoms. The zero-order chi connectivity index (χ0) is 14.8. The summed E-state index contributed by atoms with van der Waals surface area (Å²) in [6.45, 7) is 17.2. The van der Waals surface area contributed by atoms with E-state index < -0.39 is 0 Å². The van der Waals surface area contributed by atoms with Crippen LogP contribution in [0.1, 0.15) is 66.7 Å². The Morgan fingerprint density at radius 2 is 1.90 bits per heavy atom. The van der Waals surface area contributed by atoms with Crippen LogP contribution in [0.3, 0.4) is 0 Å². The van der Waals surface area contributed by atoms with Crippen LogP contribution >= 0.6 is 0 Å². The van der Waals surface area contributed by atoms with Gasteiger partial charge in [0, 0.05) is 19.1 Å². The molecule has 0 aromatic rings. The maximum absolute atomic E-state index is 3.88. The van der Waals surface area contributed by atoms with E-state index in [1.807, 2.05) is 0 Å². The first-order chi connectivity index (χ1) is 9.34. The van der Waals surface area contributed by atoms with Crippen LogP contribution in [0.2, 0.25) is 0 Å². The third kappa shape index (κ3) is 3.98. The van der Waals surface area contributed by atoms with E-state index in [1.165, 1.54) is 58.3 Å². The van der Waals surface area contributed by atoms with E-state index in [1.54, 1.807) is 0 Å². The summed E-state index contributed by atoms with van der Waals surface area (Å²) in [5.41, 5.74) is 1.00. The van der Waals surface area contributed by atoms with E-state index >= 15 is 0 Å². The van der Waals surface area contributed by atoms with Crippen molar-refractivity contribution < 1.29 is 0 Å². The van der Waals surface area contributed by atoms with Crippen molar-refractivity contribution in [2.45, 2.75) is 72.8 Å². The Kier molecular flexibility index (Phi) is 5.18. The molecule has 1 heterocycles. The zero-order valence-electron chi connectivity index (χ0n) is 14.5. The molecule has 1 aliphatic carbocycles. The average molecular weight is 280 g/mol. The van der Waals surface area contributed by atoms with Crippen LogP contribution in [0, 0.1) is 16.7 Å². The molecule has 1 saturated carbocycles. The quantitative estimate of drug-likeness (QED) is 0.821. The van der Waals surface area contributed by atoms with Gasteiger partial charge in [0.1, 0.15) is 0 Å². The van der Waals surface area contributed by atoms with Crippen LogP contribution in [-0.4, -0.2) is 37.1 Å². The van der Waals surface area contributed by atoms with Gasteiger partial charge in [-0.05, 0) is 55.5 Å². The zero-order valence-corrected chi connectivity index (χ0v) is 14.5. The fourth-order valence-corrected chi connectivity index (χ4v) is 4.43. The molecule has 1 N–H and O–H groups in total. The number of likely N-dealkylation sites (tertiary alicyclic amines) is 1. The van der Waals surface area contributed by atoms with Gasteiger partial charge in [0.25, 0.3) is 0 Å². The monoisotopic (exact) mass is 280 g/mol. The van der Waals surface area contributed by atoms with Crippen molar-refractivity contribution in [1.29, 1.82) is 0 Å². The minimum atomic E-state index is 0.466. The molecule has 0 radical (unpaired) electrons. The Morgan fingerprint density at radius 3 is 2.50 bits per heavy atom. The maximum Gasteiger partial charge on any atom is 0.0159 e. The molecule has 0 spiro atoms. The van der Waals surface area contributed by atoms with Gasteiger partial charge in [-0.2, -0.15) is 0 Å². The number of hydrogen-bond acceptors (Lipinski definition) is 2. The second kappa shape index (κ2) is 6.36. The van der Waals surface area contributed by atoms with E-state index in [0.29, 0.717) is 16.9 Å². The van der Waals surface area contributed by atoms with Crippen molar-refractivity contribution >= 4 is 0 Å². The molecular formula is C18H36N2. The van der Waals surface area contributed by atoms with Crippen LogP contribution in [0.4, 0.5) is 0 Å². The molecule has 1 aliphatic heterocycles. The van der Waals surface area contributed by atoms with Gasteiger partial charge in [-0.25, -0.2) is 0 Å². The Labute approximate surface area is 126 Å². The highest BCUT2D eigenvalue weighted by molar-refractivity contribution is 4.95. The lowest BCUT2D eigenvalue weighted by molar-refractivity contribution is 0.0826. The van der Waals surface area contributed by atoms with Crippen LogP contribution in [0.15, 0.2) is 0 Å². The van der Waals surface area contributed by atoms with E-state index in [0.717, 1.165) is 5.92 Å². The van der Waals surface area contributed by atoms with Crippen molar-refractivity contribution in [2.24, 2.45) is 16.7 Å². The number of rotatable bonds is 5. The number of nitrogens with zero attached hydrogens (tertiary/aromatic N) is 1. The van der Waals surface area contributed by atoms with E-state index in [9.17, 15) is 0 Å². The molecule has 2 rings (SSSR count). The van der Waals surface area contributed by atoms with Crippen molar-refractivity contribution in [3.63, 3.8) is 0 Å². The van der Waals surface area contributed by atoms with Crippen molar-refractivity contribution in [3.05, 3.63) is 0 Å². The van der Waals surface area contributed by atoms with Crippen molar-refractivity contribution in [1.82, 2.24) is 10.2 Å². The van der Waals surface area contributed by atoms with Gasteiger partial charge in [-0.3, -0.25) is 0 Å². The topological polar surface area (TPSA) is 15.3 Å². The Morgan fingerprint density at radius 1 is 1.15 bits per heavy atom. The highest BCUT2D eigenvalue weighted by atomic mass is 15.2. The van der Waals surface area contributed by atoms with Crippen LogP contribution in [0.25, 0.3) is 0 Å². The summed E-state index contributed by atoms with van der Waals surface area (Å²) in [7, 11) is 0. The predicted molar refractivity (Wildman–Crippen MR) is 88.0 cm³/mol. The first-order valence-electron chi connectivity index (χ1n) is 8.80. The Balaban J connectivity index is 1.96. The van der Waals surface area contributed by atoms with Gasteiger partial charge in [-0.15, -0.1) is 0 Å². The minimum Gasteiger partial charge on any atom is -0.313 e. The molecule has 2 unspecified atom stereocenters. The predicted octanol–water partition coefficient (Wildman–Crippen LogP) is 3.91. The molecule has 1 saturated heterocycles. The summed E-state index contributed by atoms with van der Waals surface area (Å²) < 4.78 is 0. The molecule has 20 heavy (non-hydrogen) atoms. The van der Waals surface area contributed by atoms with E-state index in [2.05, 4.69) is 44.8 Å². The smallest absolute Gasteiger partial charge is 0.0159 e. The molecule has 0 aromatic heterocycles. The molecule has 2 heteroatoms. The molecule has 118 valence electrons. The van der Waals surface area contributed by atoms with Crippen LogP contribution in [0.5, 0.6) is 0 Å². The van der Waals surface area contributed by atoms with Crippen LogP contribution in [-0.2, 0) is 0 Å². The molecule has 2 fully saturated rings. The second-order valence-electron chi connectivity index (χ2n) is 8.72. The van der Waals surface area contributed by atoms with E-state index in [4.69, 9.17) is 0 Å². The molecule has 0 amide bonds. The summed E-state index contributed by atoms with van der Waals surface area (Å²) in [4.78, 5) is 2.73. The second-order valence-corrected chi connectivity index (χ2v) is 8.72. The molecule has 2 nitrogen and oxygen atoms in total. The lowest BCUT2D eigenvalue weighted by Gasteiger charge is -2.46. The Hall–Kier alpha value is -0.0800. The summed E-state index contributed by atoms with van der Waals surface area (Å²) in [5.74, 6) is 0.846. The minimum absolute atomic E-state index is 0.466. The summed E-state index contributed by atoms with van der Waals surface area (Å²) in [6, 6.07) is 0.708. The molecule has 2 atom stereocenters. The van der Waals surface area contributed by atoms with Crippen LogP contribution < -0.4 is 5.32 Å². The first-order valence-corrected chi connectivity index (χ1v) is 8.80. The molecule has 0 aromatic carbocycles. The third-order valence-corrected chi connectivity index (χ3v) is 5.57. The Bertz CT molecular complexity index is 309. The third-order valence-electron chi connectivity index (χ3n) is 5.57. The van der Waals surface area contributed by atoms with Gasteiger partial charge in [0.05, 0.1) is 0 Å². The highest BCUT2D eigenvalue weighted by Crippen LogP contribution is 2.40. The standard InChI is InChI=1S/C18H36N2/c1-6-11-19-16-15(8-7-9-18(16,4)5)13-20-12-10-17(2,3)14-20/h15-16,19H,6-14H2,1-5H3. The SMILES string of the molecule is CCCNC1C(CN2CCC(C)(C)C2)CCCC1(C)C. The normalized spacial score (nSPS) is 33.5. The average Bonchev–Trinajstić information content (AvgIpc) is 2.67. The largest absolute Gasteiger partial charge is 0.313 e. The van der Waals surface area contributed by atoms with Gasteiger partial charge in [0.2, 0.25) is 0 Å². The lowest BCUT2D eigenvalue weighted by atomic mass is 9.67. The van der Waals surface area contributed by atoms with E-state index in [-0.39, 0.29) is 0 Å². The number of hydrogen-bond donors (Lipinski definition) is 1. The molecular weight excluding hydrogens is 244 g/mol. The summed E-state index contributed by atoms with van der Waals surface area (Å²) in [6.07, 6.45) is 6.84. The van der Waals surface area contributed by atoms with Crippen molar-refractivity contribution in [2.75, 3.05) is 26.2 Å². The van der Waals surface area contributed by atoms with Gasteiger partial charge in [-0.1, -0.05) is 41.0 Å². The lowest BCUT2D eigenvalue weighted by Crippen LogP contribution is -2.53.